The van der Waals surface area contributed by atoms with Gasteiger partial charge in [-0.1, -0.05) is 49.9 Å². The molecule has 0 fully saturated rings. The molecule has 0 aromatic carbocycles. The summed E-state index contributed by atoms with van der Waals surface area (Å²) in [5.74, 6) is -1.21. The summed E-state index contributed by atoms with van der Waals surface area (Å²) in [5, 5.41) is 8.90. The van der Waals surface area contributed by atoms with Gasteiger partial charge in [0.25, 0.3) is 0 Å². The van der Waals surface area contributed by atoms with Crippen LogP contribution in [0.25, 0.3) is 0 Å². The molecule has 83 valence electrons. The van der Waals surface area contributed by atoms with Gasteiger partial charge in [-0.05, 0) is 19.8 Å². The predicted octanol–water partition coefficient (Wildman–Crippen LogP) is 3.67. The Morgan fingerprint density at radius 1 is 1.43 bits per heavy atom. The molecule has 0 rings (SSSR count). The van der Waals surface area contributed by atoms with Gasteiger partial charge in [0, 0.05) is 5.41 Å². The molecule has 1 atom stereocenters. The van der Waals surface area contributed by atoms with Crippen LogP contribution in [0.2, 0.25) is 0 Å². The van der Waals surface area contributed by atoms with Gasteiger partial charge < -0.3 is 5.11 Å². The molecule has 2 nitrogen and oxygen atoms in total. The van der Waals surface area contributed by atoms with Crippen molar-refractivity contribution >= 4 is 29.2 Å². The molecule has 0 spiro atoms. The Balaban J connectivity index is 4.73. The molecule has 0 aliphatic heterocycles. The normalized spacial score (nSPS) is 16.4. The number of hydrogen-bond donors (Lipinski definition) is 1. The summed E-state index contributed by atoms with van der Waals surface area (Å²) in [6.45, 7) is 7.75. The number of carboxylic acids is 1. The third kappa shape index (κ3) is 2.77. The van der Waals surface area contributed by atoms with Crippen LogP contribution in [-0.4, -0.2) is 15.4 Å². The van der Waals surface area contributed by atoms with E-state index >= 15 is 0 Å². The van der Waals surface area contributed by atoms with Gasteiger partial charge in [-0.15, -0.1) is 0 Å². The molecule has 0 saturated carbocycles. The summed E-state index contributed by atoms with van der Waals surface area (Å²) in [5.41, 5.74) is -0.808. The van der Waals surface area contributed by atoms with Gasteiger partial charge in [-0.2, -0.15) is 0 Å². The summed E-state index contributed by atoms with van der Waals surface area (Å²) < 4.78 is -1.79. The first kappa shape index (κ1) is 14.1. The van der Waals surface area contributed by atoms with Crippen molar-refractivity contribution in [3.8, 4) is 0 Å². The lowest BCUT2D eigenvalue weighted by Gasteiger charge is -2.36. The van der Waals surface area contributed by atoms with Crippen molar-refractivity contribution in [2.45, 2.75) is 43.9 Å². The minimum atomic E-state index is -1.79. The van der Waals surface area contributed by atoms with Crippen LogP contribution in [0, 0.1) is 12.3 Å². The molecule has 0 aliphatic rings. The summed E-state index contributed by atoms with van der Waals surface area (Å²) >= 11 is 11.6. The lowest BCUT2D eigenvalue weighted by Crippen LogP contribution is -2.43. The Kier molecular flexibility index (Phi) is 5.24. The fraction of sp³-hybridized carbons (Fsp3) is 0.800. The molecular formula is C10H17Cl2O2. The van der Waals surface area contributed by atoms with E-state index < -0.39 is 15.7 Å². The Morgan fingerprint density at radius 3 is 2.21 bits per heavy atom. The smallest absolute Gasteiger partial charge is 0.340 e. The third-order valence-electron chi connectivity index (χ3n) is 2.62. The van der Waals surface area contributed by atoms with Crippen LogP contribution in [0.4, 0.5) is 0 Å². The first-order valence-corrected chi connectivity index (χ1v) is 5.54. The molecule has 0 heterocycles. The number of carbonyl (C=O) groups is 1. The number of carboxylic acid groups (broad SMARTS) is 1. The summed E-state index contributed by atoms with van der Waals surface area (Å²) in [6.07, 6.45) is 3.03. The molecule has 1 unspecified atom stereocenters. The predicted molar refractivity (Wildman–Crippen MR) is 59.7 cm³/mol. The van der Waals surface area contributed by atoms with E-state index in [4.69, 9.17) is 28.3 Å². The second-order valence-electron chi connectivity index (χ2n) is 3.62. The highest BCUT2D eigenvalue weighted by atomic mass is 35.5. The first-order valence-electron chi connectivity index (χ1n) is 4.78. The summed E-state index contributed by atoms with van der Waals surface area (Å²) in [7, 11) is 0. The number of aliphatic carboxylic acids is 1. The van der Waals surface area contributed by atoms with E-state index in [0.29, 0.717) is 12.8 Å². The minimum Gasteiger partial charge on any atom is -0.479 e. The molecule has 1 N–H and O–H groups in total. The van der Waals surface area contributed by atoms with Crippen LogP contribution in [0.5, 0.6) is 0 Å². The van der Waals surface area contributed by atoms with E-state index in [1.54, 1.807) is 0 Å². The zero-order valence-electron chi connectivity index (χ0n) is 8.65. The molecule has 0 amide bonds. The van der Waals surface area contributed by atoms with Crippen molar-refractivity contribution in [1.29, 1.82) is 0 Å². The van der Waals surface area contributed by atoms with E-state index in [1.807, 2.05) is 13.8 Å². The lowest BCUT2D eigenvalue weighted by molar-refractivity contribution is -0.140. The molecule has 0 saturated heterocycles. The SMILES string of the molecule is [CH2]C(CC)(CCCC)C(Cl)(Cl)C(=O)O. The van der Waals surface area contributed by atoms with Crippen LogP contribution in [0.1, 0.15) is 39.5 Å². The fourth-order valence-corrected chi connectivity index (χ4v) is 1.75. The van der Waals surface area contributed by atoms with Crippen LogP contribution in [-0.2, 0) is 4.79 Å². The topological polar surface area (TPSA) is 37.3 Å². The van der Waals surface area contributed by atoms with Crippen LogP contribution in [0.15, 0.2) is 0 Å². The zero-order valence-corrected chi connectivity index (χ0v) is 10.2. The standard InChI is InChI=1S/C10H17Cl2O2/c1-4-6-7-9(3,5-2)10(11,12)8(13)14/h3-7H2,1-2H3,(H,13,14). The van der Waals surface area contributed by atoms with Crippen molar-refractivity contribution in [3.63, 3.8) is 0 Å². The van der Waals surface area contributed by atoms with Gasteiger partial charge >= 0.3 is 5.97 Å². The number of rotatable bonds is 6. The van der Waals surface area contributed by atoms with E-state index in [9.17, 15) is 4.79 Å². The molecule has 0 aromatic rings. The molecule has 4 heteroatoms. The van der Waals surface area contributed by atoms with Crippen molar-refractivity contribution in [2.24, 2.45) is 5.41 Å². The van der Waals surface area contributed by atoms with Gasteiger partial charge in [-0.25, -0.2) is 4.79 Å². The Labute approximate surface area is 95.6 Å². The van der Waals surface area contributed by atoms with Crippen LogP contribution >= 0.6 is 23.2 Å². The number of alkyl halides is 2. The van der Waals surface area contributed by atoms with Gasteiger partial charge in [-0.3, -0.25) is 0 Å². The van der Waals surface area contributed by atoms with Crippen LogP contribution in [0.3, 0.4) is 0 Å². The second-order valence-corrected chi connectivity index (χ2v) is 4.94. The third-order valence-corrected chi connectivity index (χ3v) is 3.75. The maximum Gasteiger partial charge on any atom is 0.340 e. The van der Waals surface area contributed by atoms with Gasteiger partial charge in [0.1, 0.15) is 0 Å². The Hall–Kier alpha value is 0.0500. The number of hydrogen-bond acceptors (Lipinski definition) is 1. The van der Waals surface area contributed by atoms with Crippen LogP contribution < -0.4 is 0 Å². The molecule has 14 heavy (non-hydrogen) atoms. The monoisotopic (exact) mass is 239 g/mol. The van der Waals surface area contributed by atoms with Gasteiger partial charge in [0.2, 0.25) is 4.33 Å². The summed E-state index contributed by atoms with van der Waals surface area (Å²) in [6, 6.07) is 0. The highest BCUT2D eigenvalue weighted by Gasteiger charge is 2.50. The Morgan fingerprint density at radius 2 is 1.93 bits per heavy atom. The van der Waals surface area contributed by atoms with Crippen molar-refractivity contribution in [2.75, 3.05) is 0 Å². The largest absolute Gasteiger partial charge is 0.479 e. The first-order chi connectivity index (χ1) is 6.31. The average Bonchev–Trinajstić information content (AvgIpc) is 2.13. The van der Waals surface area contributed by atoms with E-state index in [2.05, 4.69) is 6.92 Å². The van der Waals surface area contributed by atoms with Crippen molar-refractivity contribution < 1.29 is 9.90 Å². The van der Waals surface area contributed by atoms with Gasteiger partial charge in [0.15, 0.2) is 0 Å². The zero-order chi connectivity index (χ0) is 11.4. The van der Waals surface area contributed by atoms with E-state index in [-0.39, 0.29) is 0 Å². The molecular weight excluding hydrogens is 223 g/mol. The average molecular weight is 240 g/mol. The molecule has 0 aromatic heterocycles. The quantitative estimate of drug-likeness (QED) is 0.719. The van der Waals surface area contributed by atoms with Crippen molar-refractivity contribution in [3.05, 3.63) is 6.92 Å². The molecule has 0 bridgehead atoms. The second kappa shape index (κ2) is 5.22. The van der Waals surface area contributed by atoms with E-state index in [0.717, 1.165) is 12.8 Å². The number of halogens is 2. The molecule has 1 radical (unpaired) electrons. The molecule has 0 aliphatic carbocycles. The fourth-order valence-electron chi connectivity index (χ4n) is 1.30. The highest BCUT2D eigenvalue weighted by Crippen LogP contribution is 2.46. The maximum absolute atomic E-state index is 10.9. The highest BCUT2D eigenvalue weighted by molar-refractivity contribution is 6.58. The number of unbranched alkanes of at least 4 members (excludes halogenated alkanes) is 1. The minimum absolute atomic E-state index is 0.548. The maximum atomic E-state index is 10.9. The van der Waals surface area contributed by atoms with Crippen molar-refractivity contribution in [1.82, 2.24) is 0 Å². The Bertz CT molecular complexity index is 204. The lowest BCUT2D eigenvalue weighted by atomic mass is 9.78. The van der Waals surface area contributed by atoms with E-state index in [1.165, 1.54) is 0 Å². The van der Waals surface area contributed by atoms with Gasteiger partial charge in [0.05, 0.1) is 0 Å². The summed E-state index contributed by atoms with van der Waals surface area (Å²) in [4.78, 5) is 10.9.